The van der Waals surface area contributed by atoms with E-state index in [1.165, 1.54) is 0 Å². The zero-order valence-corrected chi connectivity index (χ0v) is 23.1. The van der Waals surface area contributed by atoms with E-state index in [0.29, 0.717) is 47.7 Å². The Morgan fingerprint density at radius 2 is 1.55 bits per heavy atom. The van der Waals surface area contributed by atoms with Crippen LogP contribution in [0.25, 0.3) is 11.1 Å². The first-order chi connectivity index (χ1) is 18.6. The van der Waals surface area contributed by atoms with E-state index in [0.717, 1.165) is 22.4 Å². The fourth-order valence-corrected chi connectivity index (χ4v) is 5.08. The Morgan fingerprint density at radius 1 is 0.921 bits per heavy atom. The molecule has 0 aliphatic carbocycles. The number of rotatable bonds is 10. The third-order valence-electron chi connectivity index (χ3n) is 6.34. The highest BCUT2D eigenvalue weighted by molar-refractivity contribution is 9.10. The van der Waals surface area contributed by atoms with Gasteiger partial charge in [0.25, 0.3) is 0 Å². The van der Waals surface area contributed by atoms with Crippen molar-refractivity contribution in [1.82, 2.24) is 4.90 Å². The summed E-state index contributed by atoms with van der Waals surface area (Å²) < 4.78 is 22.7. The molecular weight excluding hydrogens is 550 g/mol. The summed E-state index contributed by atoms with van der Waals surface area (Å²) >= 11 is 3.69. The first-order valence-corrected chi connectivity index (χ1v) is 13.0. The lowest BCUT2D eigenvalue weighted by Crippen LogP contribution is -2.49. The number of hydrogen-bond donors (Lipinski definition) is 0. The Morgan fingerprint density at radius 3 is 2.21 bits per heavy atom. The molecule has 0 atom stereocenters. The van der Waals surface area contributed by atoms with E-state index in [9.17, 15) is 10.1 Å². The van der Waals surface area contributed by atoms with Gasteiger partial charge in [-0.2, -0.15) is 5.26 Å². The number of carbonyl (C=O) groups excluding carboxylic acids is 1. The van der Waals surface area contributed by atoms with Crippen molar-refractivity contribution in [1.29, 1.82) is 5.26 Å². The number of methoxy groups -OCH3 is 2. The summed E-state index contributed by atoms with van der Waals surface area (Å²) in [6.45, 7) is 2.51. The van der Waals surface area contributed by atoms with Crippen molar-refractivity contribution in [3.8, 4) is 28.7 Å². The predicted octanol–water partition coefficient (Wildman–Crippen LogP) is 4.84. The number of ether oxygens (including phenoxy) is 4. The predicted molar refractivity (Wildman–Crippen MR) is 148 cm³/mol. The zero-order valence-electron chi connectivity index (χ0n) is 21.5. The average molecular weight is 580 g/mol. The Balaban J connectivity index is 1.62. The highest BCUT2D eigenvalue weighted by Gasteiger charge is 2.27. The molecular formula is C29H30BrN3O5. The van der Waals surface area contributed by atoms with Crippen LogP contribution < -0.4 is 14.4 Å². The third kappa shape index (κ3) is 6.27. The molecule has 3 aromatic carbocycles. The lowest BCUT2D eigenvalue weighted by atomic mass is 9.95. The Hall–Kier alpha value is -3.58. The number of nitrogens with zero attached hydrogens (tertiary/aromatic N) is 3. The fourth-order valence-electron chi connectivity index (χ4n) is 4.52. The van der Waals surface area contributed by atoms with Crippen LogP contribution in [0.3, 0.4) is 0 Å². The SMILES string of the molecule is COCOc1cc(OCOC)c(-c2ccccc2)c(CC(=O)N2CCN(c3ccccc3C#N)CC2)c1Br. The minimum Gasteiger partial charge on any atom is -0.467 e. The molecule has 8 nitrogen and oxygen atoms in total. The lowest BCUT2D eigenvalue weighted by molar-refractivity contribution is -0.130. The molecule has 198 valence electrons. The first kappa shape index (κ1) is 27.5. The minimum atomic E-state index is -0.00215. The van der Waals surface area contributed by atoms with E-state index in [1.54, 1.807) is 20.3 Å². The molecule has 0 aromatic heterocycles. The molecule has 1 aliphatic heterocycles. The van der Waals surface area contributed by atoms with Crippen LogP contribution in [0.1, 0.15) is 11.1 Å². The van der Waals surface area contributed by atoms with Gasteiger partial charge in [0.1, 0.15) is 17.6 Å². The van der Waals surface area contributed by atoms with Crippen LogP contribution in [0.4, 0.5) is 5.69 Å². The van der Waals surface area contributed by atoms with Gasteiger partial charge in [0.05, 0.1) is 22.1 Å². The van der Waals surface area contributed by atoms with Gasteiger partial charge in [0.15, 0.2) is 13.6 Å². The number of benzene rings is 3. The maximum atomic E-state index is 13.6. The van der Waals surface area contributed by atoms with Crippen LogP contribution in [0.5, 0.6) is 11.5 Å². The van der Waals surface area contributed by atoms with Gasteiger partial charge >= 0.3 is 0 Å². The number of anilines is 1. The second kappa shape index (κ2) is 13.3. The number of carbonyl (C=O) groups is 1. The summed E-state index contributed by atoms with van der Waals surface area (Å²) in [6, 6.07) is 21.4. The molecule has 1 fully saturated rings. The Labute approximate surface area is 231 Å². The van der Waals surface area contributed by atoms with Gasteiger partial charge in [-0.3, -0.25) is 4.79 Å². The van der Waals surface area contributed by atoms with Crippen molar-refractivity contribution < 1.29 is 23.7 Å². The molecule has 0 N–H and O–H groups in total. The molecule has 1 aliphatic rings. The molecule has 1 heterocycles. The second-order valence-electron chi connectivity index (χ2n) is 8.68. The number of para-hydroxylation sites is 1. The maximum absolute atomic E-state index is 13.6. The van der Waals surface area contributed by atoms with E-state index in [4.69, 9.17) is 18.9 Å². The van der Waals surface area contributed by atoms with E-state index >= 15 is 0 Å². The molecule has 3 aromatic rings. The van der Waals surface area contributed by atoms with Gasteiger partial charge in [0.2, 0.25) is 5.91 Å². The molecule has 4 rings (SSSR count). The van der Waals surface area contributed by atoms with E-state index in [-0.39, 0.29) is 25.9 Å². The van der Waals surface area contributed by atoms with E-state index < -0.39 is 0 Å². The van der Waals surface area contributed by atoms with Gasteiger partial charge in [-0.1, -0.05) is 42.5 Å². The van der Waals surface area contributed by atoms with Crippen molar-refractivity contribution in [2.24, 2.45) is 0 Å². The van der Waals surface area contributed by atoms with Crippen LogP contribution in [0, 0.1) is 11.3 Å². The molecule has 1 amide bonds. The van der Waals surface area contributed by atoms with Gasteiger partial charge in [-0.25, -0.2) is 0 Å². The molecule has 0 unspecified atom stereocenters. The maximum Gasteiger partial charge on any atom is 0.227 e. The second-order valence-corrected chi connectivity index (χ2v) is 9.47. The quantitative estimate of drug-likeness (QED) is 0.317. The molecule has 38 heavy (non-hydrogen) atoms. The topological polar surface area (TPSA) is 84.3 Å². The minimum absolute atomic E-state index is 0.00215. The van der Waals surface area contributed by atoms with Crippen molar-refractivity contribution in [2.75, 3.05) is 58.9 Å². The van der Waals surface area contributed by atoms with Gasteiger partial charge < -0.3 is 28.7 Å². The normalized spacial score (nSPS) is 13.2. The smallest absolute Gasteiger partial charge is 0.227 e. The van der Waals surface area contributed by atoms with E-state index in [2.05, 4.69) is 26.9 Å². The molecule has 9 heteroatoms. The van der Waals surface area contributed by atoms with Crippen LogP contribution in [0.15, 0.2) is 65.1 Å². The average Bonchev–Trinajstić information content (AvgIpc) is 2.97. The van der Waals surface area contributed by atoms with Crippen LogP contribution in [0.2, 0.25) is 0 Å². The van der Waals surface area contributed by atoms with E-state index in [1.807, 2.05) is 59.5 Å². The number of hydrogen-bond acceptors (Lipinski definition) is 7. The Bertz CT molecular complexity index is 1290. The largest absolute Gasteiger partial charge is 0.467 e. The van der Waals surface area contributed by atoms with Crippen LogP contribution in [-0.4, -0.2) is 64.8 Å². The molecule has 0 bridgehead atoms. The highest BCUT2D eigenvalue weighted by atomic mass is 79.9. The summed E-state index contributed by atoms with van der Waals surface area (Å²) in [5.41, 5.74) is 4.02. The fraction of sp³-hybridized carbons (Fsp3) is 0.310. The number of piperazine rings is 1. The highest BCUT2D eigenvalue weighted by Crippen LogP contribution is 2.44. The zero-order chi connectivity index (χ0) is 26.9. The van der Waals surface area contributed by atoms with Crippen LogP contribution >= 0.6 is 15.9 Å². The monoisotopic (exact) mass is 579 g/mol. The molecule has 0 radical (unpaired) electrons. The van der Waals surface area contributed by atoms with Crippen molar-refractivity contribution in [3.05, 3.63) is 76.3 Å². The van der Waals surface area contributed by atoms with Gasteiger partial charge in [-0.05, 0) is 39.2 Å². The summed E-state index contributed by atoms with van der Waals surface area (Å²) in [7, 11) is 3.11. The molecule has 0 saturated carbocycles. The lowest BCUT2D eigenvalue weighted by Gasteiger charge is -2.36. The summed E-state index contributed by atoms with van der Waals surface area (Å²) in [5, 5.41) is 9.47. The van der Waals surface area contributed by atoms with Gasteiger partial charge in [0, 0.05) is 52.0 Å². The number of halogens is 1. The van der Waals surface area contributed by atoms with Gasteiger partial charge in [-0.15, -0.1) is 0 Å². The molecule has 1 saturated heterocycles. The first-order valence-electron chi connectivity index (χ1n) is 12.2. The summed E-state index contributed by atoms with van der Waals surface area (Å²) in [6.07, 6.45) is 0.146. The van der Waals surface area contributed by atoms with Crippen molar-refractivity contribution in [2.45, 2.75) is 6.42 Å². The van der Waals surface area contributed by atoms with Crippen molar-refractivity contribution >= 4 is 27.5 Å². The van der Waals surface area contributed by atoms with Crippen LogP contribution in [-0.2, 0) is 20.7 Å². The Kier molecular flexibility index (Phi) is 9.60. The number of nitriles is 1. The van der Waals surface area contributed by atoms with Crippen molar-refractivity contribution in [3.63, 3.8) is 0 Å². The summed E-state index contributed by atoms with van der Waals surface area (Å²) in [4.78, 5) is 17.6. The molecule has 0 spiro atoms. The third-order valence-corrected chi connectivity index (χ3v) is 7.21. The number of amides is 1. The summed E-state index contributed by atoms with van der Waals surface area (Å²) in [5.74, 6) is 1.06. The standard InChI is InChI=1S/C29H30BrN3O5/c1-35-19-37-25-17-26(38-20-36-2)29(30)23(28(25)21-8-4-3-5-9-21)16-27(34)33-14-12-32(13-15-33)24-11-7-6-10-22(24)18-31/h3-11,17H,12-16,19-20H2,1-2H3.